The Bertz CT molecular complexity index is 234. The Kier molecular flexibility index (Phi) is 3.49. The second-order valence-electron chi connectivity index (χ2n) is 2.95. The van der Waals surface area contributed by atoms with Crippen LogP contribution in [-0.4, -0.2) is 50.9 Å². The summed E-state index contributed by atoms with van der Waals surface area (Å²) in [5.41, 5.74) is 0. The molecule has 6 nitrogen and oxygen atoms in total. The van der Waals surface area contributed by atoms with Gasteiger partial charge in [0.25, 0.3) is 4.70 Å². The summed E-state index contributed by atoms with van der Waals surface area (Å²) in [7, 11) is 0. The van der Waals surface area contributed by atoms with Gasteiger partial charge in [0.05, 0.1) is 6.61 Å². The zero-order chi connectivity index (χ0) is 10.9. The predicted molar refractivity (Wildman–Crippen MR) is 47.4 cm³/mol. The maximum absolute atomic E-state index is 10.7. The van der Waals surface area contributed by atoms with Crippen LogP contribution in [0, 0.1) is 0 Å². The van der Waals surface area contributed by atoms with Gasteiger partial charge in [-0.3, -0.25) is 4.79 Å². The van der Waals surface area contributed by atoms with Gasteiger partial charge in [0, 0.05) is 6.92 Å². The van der Waals surface area contributed by atoms with Gasteiger partial charge >= 0.3 is 5.97 Å². The number of carbonyl (C=O) groups excluding carboxylic acids is 1. The van der Waals surface area contributed by atoms with E-state index in [-0.39, 0.29) is 0 Å². The van der Waals surface area contributed by atoms with Crippen LogP contribution in [-0.2, 0) is 14.3 Å². The monoisotopic (exact) mass is 270 g/mol. The molecule has 0 aliphatic carbocycles. The Morgan fingerprint density at radius 2 is 2.21 bits per heavy atom. The highest BCUT2D eigenvalue weighted by atomic mass is 79.9. The van der Waals surface area contributed by atoms with Gasteiger partial charge in [-0.15, -0.1) is 0 Å². The standard InChI is InChI=1S/C7H11BrO6/c1-3(10)13-7(8)6(12)5(11)4(2-9)14-7/h4-6,9,11-12H,2H2,1H3/t4-,5+,6-,7-/m1/s1. The molecule has 0 aromatic rings. The van der Waals surface area contributed by atoms with E-state index in [1.54, 1.807) is 0 Å². The summed E-state index contributed by atoms with van der Waals surface area (Å²) < 4.78 is 7.83. The van der Waals surface area contributed by atoms with Crippen molar-refractivity contribution in [1.82, 2.24) is 0 Å². The molecule has 3 N–H and O–H groups in total. The molecule has 0 unspecified atom stereocenters. The van der Waals surface area contributed by atoms with Crippen molar-refractivity contribution in [3.8, 4) is 0 Å². The quantitative estimate of drug-likeness (QED) is 0.427. The van der Waals surface area contributed by atoms with E-state index >= 15 is 0 Å². The lowest BCUT2D eigenvalue weighted by molar-refractivity contribution is -0.199. The van der Waals surface area contributed by atoms with Gasteiger partial charge in [-0.05, 0) is 15.9 Å². The number of hydrogen-bond donors (Lipinski definition) is 3. The minimum Gasteiger partial charge on any atom is -0.420 e. The summed E-state index contributed by atoms with van der Waals surface area (Å²) in [6.07, 6.45) is -3.73. The number of ether oxygens (including phenoxy) is 2. The van der Waals surface area contributed by atoms with E-state index in [0.717, 1.165) is 6.92 Å². The predicted octanol–water partition coefficient (Wildman–Crippen LogP) is -1.29. The molecule has 0 spiro atoms. The molecule has 0 amide bonds. The van der Waals surface area contributed by atoms with E-state index in [2.05, 4.69) is 20.7 Å². The van der Waals surface area contributed by atoms with Gasteiger partial charge in [-0.25, -0.2) is 0 Å². The Balaban J connectivity index is 2.76. The zero-order valence-electron chi connectivity index (χ0n) is 7.38. The molecule has 0 bridgehead atoms. The summed E-state index contributed by atoms with van der Waals surface area (Å²) in [6, 6.07) is 0. The summed E-state index contributed by atoms with van der Waals surface area (Å²) in [4.78, 5) is 10.7. The van der Waals surface area contributed by atoms with E-state index in [1.165, 1.54) is 0 Å². The first kappa shape index (κ1) is 11.9. The number of aliphatic hydroxyl groups excluding tert-OH is 3. The third-order valence-corrected chi connectivity index (χ3v) is 2.65. The highest BCUT2D eigenvalue weighted by molar-refractivity contribution is 9.10. The van der Waals surface area contributed by atoms with Gasteiger partial charge in [0.2, 0.25) is 0 Å². The fourth-order valence-electron chi connectivity index (χ4n) is 1.18. The SMILES string of the molecule is CC(=O)O[C@@]1(Br)O[C@H](CO)[C@H](O)[C@H]1O. The summed E-state index contributed by atoms with van der Waals surface area (Å²) in [5, 5.41) is 27.6. The zero-order valence-corrected chi connectivity index (χ0v) is 8.97. The normalized spacial score (nSPS) is 42.5. The second-order valence-corrected chi connectivity index (χ2v) is 4.06. The largest absolute Gasteiger partial charge is 0.420 e. The third kappa shape index (κ3) is 2.06. The van der Waals surface area contributed by atoms with Crippen molar-refractivity contribution in [2.45, 2.75) is 29.9 Å². The highest BCUT2D eigenvalue weighted by Gasteiger charge is 2.55. The van der Waals surface area contributed by atoms with E-state index in [9.17, 15) is 15.0 Å². The van der Waals surface area contributed by atoms with Crippen molar-refractivity contribution in [1.29, 1.82) is 0 Å². The lowest BCUT2D eigenvalue weighted by Gasteiger charge is -2.24. The maximum Gasteiger partial charge on any atom is 0.305 e. The second kappa shape index (κ2) is 4.11. The van der Waals surface area contributed by atoms with Crippen molar-refractivity contribution < 1.29 is 29.6 Å². The molecule has 1 aliphatic rings. The van der Waals surface area contributed by atoms with Crippen molar-refractivity contribution >= 4 is 21.9 Å². The molecule has 0 aromatic carbocycles. The van der Waals surface area contributed by atoms with Crippen molar-refractivity contribution in [2.75, 3.05) is 6.61 Å². The van der Waals surface area contributed by atoms with Gasteiger partial charge in [-0.1, -0.05) is 0 Å². The van der Waals surface area contributed by atoms with E-state index in [4.69, 9.17) is 9.84 Å². The van der Waals surface area contributed by atoms with Crippen molar-refractivity contribution in [2.24, 2.45) is 0 Å². The number of carbonyl (C=O) groups is 1. The Hall–Kier alpha value is -0.210. The number of aliphatic hydroxyl groups is 3. The van der Waals surface area contributed by atoms with Crippen LogP contribution in [0.3, 0.4) is 0 Å². The molecule has 0 saturated carbocycles. The first-order valence-corrected chi connectivity index (χ1v) is 4.73. The fraction of sp³-hybridized carbons (Fsp3) is 0.857. The Labute approximate surface area is 88.6 Å². The molecule has 82 valence electrons. The lowest BCUT2D eigenvalue weighted by atomic mass is 10.1. The molecule has 7 heteroatoms. The molecular weight excluding hydrogens is 260 g/mol. The van der Waals surface area contributed by atoms with Gasteiger partial charge < -0.3 is 24.8 Å². The number of rotatable bonds is 2. The molecule has 1 fully saturated rings. The number of alkyl halides is 1. The van der Waals surface area contributed by atoms with Crippen LogP contribution in [0.5, 0.6) is 0 Å². The first-order valence-electron chi connectivity index (χ1n) is 3.94. The average Bonchev–Trinajstić information content (AvgIpc) is 2.29. The van der Waals surface area contributed by atoms with Crippen LogP contribution in [0.4, 0.5) is 0 Å². The molecule has 0 aromatic heterocycles. The summed E-state index contributed by atoms with van der Waals surface area (Å²) in [5.74, 6) is -0.674. The van der Waals surface area contributed by atoms with Gasteiger partial charge in [0.15, 0.2) is 6.10 Å². The summed E-state index contributed by atoms with van der Waals surface area (Å²) in [6.45, 7) is 0.657. The Morgan fingerprint density at radius 1 is 1.64 bits per heavy atom. The van der Waals surface area contributed by atoms with E-state index in [1.807, 2.05) is 0 Å². The van der Waals surface area contributed by atoms with Crippen LogP contribution >= 0.6 is 15.9 Å². The molecule has 1 rings (SSSR count). The van der Waals surface area contributed by atoms with Crippen LogP contribution in [0.2, 0.25) is 0 Å². The smallest absolute Gasteiger partial charge is 0.305 e. The van der Waals surface area contributed by atoms with Crippen LogP contribution in [0.1, 0.15) is 6.92 Å². The van der Waals surface area contributed by atoms with Crippen LogP contribution in [0.15, 0.2) is 0 Å². The molecule has 1 saturated heterocycles. The number of hydrogen-bond acceptors (Lipinski definition) is 6. The molecule has 1 aliphatic heterocycles. The van der Waals surface area contributed by atoms with E-state index in [0.29, 0.717) is 0 Å². The molecular formula is C7H11BrO6. The topological polar surface area (TPSA) is 96.2 Å². The van der Waals surface area contributed by atoms with E-state index < -0.39 is 35.6 Å². The van der Waals surface area contributed by atoms with Crippen LogP contribution in [0.25, 0.3) is 0 Å². The third-order valence-electron chi connectivity index (χ3n) is 1.83. The lowest BCUT2D eigenvalue weighted by Crippen LogP contribution is -2.41. The molecule has 4 atom stereocenters. The molecule has 0 radical (unpaired) electrons. The number of halogens is 1. The summed E-state index contributed by atoms with van der Waals surface area (Å²) >= 11 is 2.85. The minimum absolute atomic E-state index is 0.479. The first-order chi connectivity index (χ1) is 6.40. The number of esters is 1. The van der Waals surface area contributed by atoms with Crippen molar-refractivity contribution in [3.63, 3.8) is 0 Å². The highest BCUT2D eigenvalue weighted by Crippen LogP contribution is 2.37. The van der Waals surface area contributed by atoms with Crippen LogP contribution < -0.4 is 0 Å². The fourth-order valence-corrected chi connectivity index (χ4v) is 1.92. The average molecular weight is 271 g/mol. The molecule has 1 heterocycles. The maximum atomic E-state index is 10.7. The van der Waals surface area contributed by atoms with Gasteiger partial charge in [0.1, 0.15) is 12.2 Å². The van der Waals surface area contributed by atoms with Crippen molar-refractivity contribution in [3.05, 3.63) is 0 Å². The molecule has 14 heavy (non-hydrogen) atoms. The Morgan fingerprint density at radius 3 is 2.57 bits per heavy atom. The van der Waals surface area contributed by atoms with Gasteiger partial charge in [-0.2, -0.15) is 0 Å². The minimum atomic E-state index is -1.77.